The average molecular weight is 280 g/mol. The zero-order valence-electron chi connectivity index (χ0n) is 11.0. The summed E-state index contributed by atoms with van der Waals surface area (Å²) in [5.74, 6) is -2.15. The van der Waals surface area contributed by atoms with E-state index in [0.29, 0.717) is 18.4 Å². The van der Waals surface area contributed by atoms with Gasteiger partial charge in [-0.15, -0.1) is 0 Å². The number of aldehydes is 1. The van der Waals surface area contributed by atoms with Gasteiger partial charge < -0.3 is 19.7 Å². The number of esters is 1. The number of carbonyl (C=O) groups excluding carboxylic acids is 2. The molecular weight excluding hydrogens is 264 g/mol. The topological polar surface area (TPSA) is 101 Å². The lowest BCUT2D eigenvalue weighted by molar-refractivity contribution is -0.147. The summed E-state index contributed by atoms with van der Waals surface area (Å²) in [7, 11) is 0. The van der Waals surface area contributed by atoms with Crippen molar-refractivity contribution in [2.24, 2.45) is 0 Å². The fraction of sp³-hybridized carbons (Fsp3) is 0.357. The predicted molar refractivity (Wildman–Crippen MR) is 69.4 cm³/mol. The van der Waals surface area contributed by atoms with E-state index in [1.807, 2.05) is 0 Å². The highest BCUT2D eigenvalue weighted by molar-refractivity contribution is 5.93. The Morgan fingerprint density at radius 3 is 2.65 bits per heavy atom. The van der Waals surface area contributed by atoms with Crippen molar-refractivity contribution in [3.8, 4) is 0 Å². The molecule has 1 atom stereocenters. The van der Waals surface area contributed by atoms with E-state index in [4.69, 9.17) is 9.84 Å². The van der Waals surface area contributed by atoms with Crippen LogP contribution in [-0.2, 0) is 20.7 Å². The van der Waals surface area contributed by atoms with Gasteiger partial charge in [0.25, 0.3) is 0 Å². The van der Waals surface area contributed by atoms with Crippen LogP contribution in [0.1, 0.15) is 40.9 Å². The van der Waals surface area contributed by atoms with Crippen LogP contribution in [0.25, 0.3) is 0 Å². The molecule has 0 saturated carbocycles. The van der Waals surface area contributed by atoms with E-state index in [1.165, 1.54) is 12.1 Å². The standard InChI is InChI=1S/C14H16O6/c1-2-20-14(19)11-8-9(4-3-7-15)5-6-10(11)12(16)13(17)18/h5-8,12,16H,2-4H2,1H3,(H,17,18). The first-order valence-corrected chi connectivity index (χ1v) is 6.15. The highest BCUT2D eigenvalue weighted by Crippen LogP contribution is 2.21. The number of benzene rings is 1. The van der Waals surface area contributed by atoms with Gasteiger partial charge in [-0.05, 0) is 25.0 Å². The summed E-state index contributed by atoms with van der Waals surface area (Å²) in [5, 5.41) is 18.4. The minimum Gasteiger partial charge on any atom is -0.479 e. The maximum Gasteiger partial charge on any atom is 0.338 e. The zero-order valence-corrected chi connectivity index (χ0v) is 11.0. The molecule has 6 nitrogen and oxygen atoms in total. The number of aliphatic hydroxyl groups is 1. The van der Waals surface area contributed by atoms with E-state index in [1.54, 1.807) is 13.0 Å². The van der Waals surface area contributed by atoms with Crippen molar-refractivity contribution < 1.29 is 29.3 Å². The van der Waals surface area contributed by atoms with Crippen molar-refractivity contribution in [2.75, 3.05) is 6.61 Å². The van der Waals surface area contributed by atoms with Gasteiger partial charge in [0.05, 0.1) is 12.2 Å². The molecule has 0 aliphatic heterocycles. The van der Waals surface area contributed by atoms with Gasteiger partial charge in [0, 0.05) is 12.0 Å². The van der Waals surface area contributed by atoms with E-state index in [9.17, 15) is 19.5 Å². The smallest absolute Gasteiger partial charge is 0.338 e. The number of aliphatic carboxylic acids is 1. The Morgan fingerprint density at radius 1 is 1.40 bits per heavy atom. The number of carbonyl (C=O) groups is 3. The molecule has 1 aromatic carbocycles. The van der Waals surface area contributed by atoms with Crippen molar-refractivity contribution in [1.29, 1.82) is 0 Å². The molecule has 6 heteroatoms. The quantitative estimate of drug-likeness (QED) is 0.573. The number of aliphatic hydroxyl groups excluding tert-OH is 1. The van der Waals surface area contributed by atoms with Crippen LogP contribution in [0.5, 0.6) is 0 Å². The second kappa shape index (κ2) is 7.40. The molecule has 2 N–H and O–H groups in total. The molecule has 0 radical (unpaired) electrons. The van der Waals surface area contributed by atoms with Gasteiger partial charge in [-0.1, -0.05) is 12.1 Å². The summed E-state index contributed by atoms with van der Waals surface area (Å²) < 4.78 is 4.85. The molecular formula is C14H16O6. The first-order chi connectivity index (χ1) is 9.51. The second-order valence-electron chi connectivity index (χ2n) is 4.09. The van der Waals surface area contributed by atoms with Gasteiger partial charge in [0.2, 0.25) is 0 Å². The predicted octanol–water partition coefficient (Wildman–Crippen LogP) is 1.11. The van der Waals surface area contributed by atoms with Gasteiger partial charge in [0.1, 0.15) is 6.29 Å². The minimum atomic E-state index is -1.80. The second-order valence-corrected chi connectivity index (χ2v) is 4.09. The Bertz CT molecular complexity index is 508. The third-order valence-electron chi connectivity index (χ3n) is 2.69. The average Bonchev–Trinajstić information content (AvgIpc) is 2.44. The van der Waals surface area contributed by atoms with Gasteiger partial charge in [-0.2, -0.15) is 0 Å². The molecule has 0 heterocycles. The van der Waals surface area contributed by atoms with Gasteiger partial charge in [-0.3, -0.25) is 0 Å². The summed E-state index contributed by atoms with van der Waals surface area (Å²) in [6, 6.07) is 4.39. The third-order valence-corrected chi connectivity index (χ3v) is 2.69. The van der Waals surface area contributed by atoms with Crippen molar-refractivity contribution >= 4 is 18.2 Å². The largest absolute Gasteiger partial charge is 0.479 e. The summed E-state index contributed by atoms with van der Waals surface area (Å²) >= 11 is 0. The Balaban J connectivity index is 3.18. The van der Waals surface area contributed by atoms with Crippen molar-refractivity contribution in [3.63, 3.8) is 0 Å². The van der Waals surface area contributed by atoms with Crippen molar-refractivity contribution in [1.82, 2.24) is 0 Å². The van der Waals surface area contributed by atoms with E-state index in [-0.39, 0.29) is 17.7 Å². The molecule has 0 saturated heterocycles. The molecule has 1 aromatic rings. The summed E-state index contributed by atoms with van der Waals surface area (Å²) in [5.41, 5.74) is 0.678. The monoisotopic (exact) mass is 280 g/mol. The lowest BCUT2D eigenvalue weighted by Crippen LogP contribution is -2.17. The Labute approximate surface area is 116 Å². The number of ether oxygens (including phenoxy) is 1. The molecule has 0 fully saturated rings. The SMILES string of the molecule is CCOC(=O)c1cc(CCC=O)ccc1C(O)C(=O)O. The number of rotatable bonds is 7. The molecule has 20 heavy (non-hydrogen) atoms. The Morgan fingerprint density at radius 2 is 2.10 bits per heavy atom. The first kappa shape index (κ1) is 15.8. The molecule has 0 bridgehead atoms. The van der Waals surface area contributed by atoms with Crippen molar-refractivity contribution in [2.45, 2.75) is 25.9 Å². The summed E-state index contributed by atoms with van der Waals surface area (Å²) in [6.07, 6.45) is -0.318. The van der Waals surface area contributed by atoms with Gasteiger partial charge in [-0.25, -0.2) is 9.59 Å². The van der Waals surface area contributed by atoms with E-state index < -0.39 is 18.0 Å². The van der Waals surface area contributed by atoms with E-state index in [2.05, 4.69) is 0 Å². The van der Waals surface area contributed by atoms with Gasteiger partial charge >= 0.3 is 11.9 Å². The number of aryl methyl sites for hydroxylation is 1. The van der Waals surface area contributed by atoms with Crippen LogP contribution in [0.15, 0.2) is 18.2 Å². The van der Waals surface area contributed by atoms with Crippen LogP contribution < -0.4 is 0 Å². The molecule has 1 rings (SSSR count). The number of hydrogen-bond acceptors (Lipinski definition) is 5. The van der Waals surface area contributed by atoms with Crippen molar-refractivity contribution in [3.05, 3.63) is 34.9 Å². The molecule has 108 valence electrons. The molecule has 0 aliphatic carbocycles. The van der Waals surface area contributed by atoms with Crippen LogP contribution in [0, 0.1) is 0 Å². The fourth-order valence-electron chi connectivity index (χ4n) is 1.74. The lowest BCUT2D eigenvalue weighted by Gasteiger charge is -2.13. The summed E-state index contributed by atoms with van der Waals surface area (Å²) in [6.45, 7) is 1.77. The lowest BCUT2D eigenvalue weighted by atomic mass is 9.98. The highest BCUT2D eigenvalue weighted by atomic mass is 16.5. The van der Waals surface area contributed by atoms with Crippen LogP contribution in [0.2, 0.25) is 0 Å². The first-order valence-electron chi connectivity index (χ1n) is 6.15. The number of carboxylic acid groups (broad SMARTS) is 1. The maximum absolute atomic E-state index is 11.8. The number of carboxylic acids is 1. The van der Waals surface area contributed by atoms with Crippen LogP contribution >= 0.6 is 0 Å². The highest BCUT2D eigenvalue weighted by Gasteiger charge is 2.23. The molecule has 0 amide bonds. The molecule has 0 aromatic heterocycles. The number of hydrogen-bond donors (Lipinski definition) is 2. The van der Waals surface area contributed by atoms with Gasteiger partial charge in [0.15, 0.2) is 6.10 Å². The van der Waals surface area contributed by atoms with E-state index >= 15 is 0 Å². The summed E-state index contributed by atoms with van der Waals surface area (Å²) in [4.78, 5) is 33.0. The zero-order chi connectivity index (χ0) is 15.1. The maximum atomic E-state index is 11.8. The van der Waals surface area contributed by atoms with E-state index in [0.717, 1.165) is 6.29 Å². The van der Waals surface area contributed by atoms with Crippen LogP contribution in [0.4, 0.5) is 0 Å². The fourth-order valence-corrected chi connectivity index (χ4v) is 1.74. The Hall–Kier alpha value is -2.21. The molecule has 0 aliphatic rings. The normalized spacial score (nSPS) is 11.7. The van der Waals surface area contributed by atoms with Crippen LogP contribution in [-0.4, -0.2) is 35.0 Å². The van der Waals surface area contributed by atoms with Crippen LogP contribution in [0.3, 0.4) is 0 Å². The third kappa shape index (κ3) is 3.89. The molecule has 1 unspecified atom stereocenters. The molecule has 0 spiro atoms. The Kier molecular flexibility index (Phi) is 5.86. The minimum absolute atomic E-state index is 0.00477.